The average molecular weight is 334 g/mol. The monoisotopic (exact) mass is 334 g/mol. The summed E-state index contributed by atoms with van der Waals surface area (Å²) in [6.07, 6.45) is 0.0899. The first-order chi connectivity index (χ1) is 11.3. The summed E-state index contributed by atoms with van der Waals surface area (Å²) in [5.41, 5.74) is 0.687. The Labute approximate surface area is 142 Å². The molecule has 1 aliphatic heterocycles. The van der Waals surface area contributed by atoms with Crippen LogP contribution in [0.4, 0.5) is 4.79 Å². The molecule has 0 aromatic heterocycles. The molecule has 1 saturated heterocycles. The smallest absolute Gasteiger partial charge is 0.407 e. The van der Waals surface area contributed by atoms with Gasteiger partial charge in [-0.2, -0.15) is 0 Å². The Kier molecular flexibility index (Phi) is 5.83. The molecule has 0 aliphatic carbocycles. The number of hydrogen-bond acceptors (Lipinski definition) is 4. The second-order valence-corrected chi connectivity index (χ2v) is 7.11. The Morgan fingerprint density at radius 1 is 1.25 bits per heavy atom. The van der Waals surface area contributed by atoms with Crippen molar-refractivity contribution in [3.8, 4) is 0 Å². The lowest BCUT2D eigenvalue weighted by Crippen LogP contribution is -2.56. The van der Waals surface area contributed by atoms with E-state index in [2.05, 4.69) is 15.4 Å². The van der Waals surface area contributed by atoms with Crippen LogP contribution in [0.1, 0.15) is 26.3 Å². The van der Waals surface area contributed by atoms with Crippen molar-refractivity contribution in [1.82, 2.24) is 10.6 Å². The van der Waals surface area contributed by atoms with Gasteiger partial charge in [-0.05, 0) is 17.4 Å². The zero-order valence-corrected chi connectivity index (χ0v) is 14.7. The Balaban J connectivity index is 2.06. The van der Waals surface area contributed by atoms with E-state index in [0.29, 0.717) is 13.0 Å². The maximum Gasteiger partial charge on any atom is 0.407 e. The van der Waals surface area contributed by atoms with E-state index >= 15 is 0 Å². The maximum atomic E-state index is 12.7. The molecule has 24 heavy (non-hydrogen) atoms. The first-order valence-corrected chi connectivity index (χ1v) is 8.11. The molecule has 6 nitrogen and oxygen atoms in total. The van der Waals surface area contributed by atoms with E-state index in [-0.39, 0.29) is 18.1 Å². The Hall–Kier alpha value is -2.08. The standard InChI is InChI=1S/C18H26N2O4/c1-18(2,3)15(20-17(22)23-4)16(21)19-13(14-11-24-14)10-12-8-6-5-7-9-12/h5-9,13-15H,10-11H2,1-4H3,(H,19,21)(H,20,22)/t13-,14-,15?/m0/s1. The predicted octanol–water partition coefficient (Wildman–Crippen LogP) is 1.88. The van der Waals surface area contributed by atoms with Gasteiger partial charge in [0, 0.05) is 0 Å². The van der Waals surface area contributed by atoms with Crippen molar-refractivity contribution in [2.75, 3.05) is 13.7 Å². The largest absolute Gasteiger partial charge is 0.453 e. The number of alkyl carbamates (subject to hydrolysis) is 1. The third-order valence-electron chi connectivity index (χ3n) is 4.01. The van der Waals surface area contributed by atoms with E-state index in [1.807, 2.05) is 51.1 Å². The summed E-state index contributed by atoms with van der Waals surface area (Å²) < 4.78 is 10.0. The van der Waals surface area contributed by atoms with Crippen LogP contribution in [-0.2, 0) is 20.7 Å². The summed E-state index contributed by atoms with van der Waals surface area (Å²) >= 11 is 0. The van der Waals surface area contributed by atoms with Crippen molar-refractivity contribution in [3.05, 3.63) is 35.9 Å². The molecule has 1 fully saturated rings. The van der Waals surface area contributed by atoms with Crippen LogP contribution in [-0.4, -0.2) is 43.9 Å². The van der Waals surface area contributed by atoms with Gasteiger partial charge in [-0.25, -0.2) is 4.79 Å². The number of hydrogen-bond donors (Lipinski definition) is 2. The third-order valence-corrected chi connectivity index (χ3v) is 4.01. The Morgan fingerprint density at radius 2 is 1.88 bits per heavy atom. The molecule has 0 saturated carbocycles. The van der Waals surface area contributed by atoms with E-state index < -0.39 is 17.6 Å². The van der Waals surface area contributed by atoms with E-state index in [1.54, 1.807) is 0 Å². The van der Waals surface area contributed by atoms with Crippen LogP contribution in [0.3, 0.4) is 0 Å². The van der Waals surface area contributed by atoms with Crippen molar-refractivity contribution in [1.29, 1.82) is 0 Å². The lowest BCUT2D eigenvalue weighted by Gasteiger charge is -2.31. The topological polar surface area (TPSA) is 80.0 Å². The van der Waals surface area contributed by atoms with Crippen molar-refractivity contribution in [3.63, 3.8) is 0 Å². The summed E-state index contributed by atoms with van der Waals surface area (Å²) in [5.74, 6) is -0.232. The summed E-state index contributed by atoms with van der Waals surface area (Å²) in [6.45, 7) is 6.33. The molecule has 1 aliphatic rings. The van der Waals surface area contributed by atoms with Gasteiger partial charge in [0.05, 0.1) is 19.8 Å². The SMILES string of the molecule is COC(=O)NC(C(=O)N[C@@H](Cc1ccccc1)[C@@H]1CO1)C(C)(C)C. The van der Waals surface area contributed by atoms with Crippen LogP contribution in [0.25, 0.3) is 0 Å². The van der Waals surface area contributed by atoms with E-state index in [0.717, 1.165) is 5.56 Å². The van der Waals surface area contributed by atoms with E-state index in [4.69, 9.17) is 4.74 Å². The number of amides is 2. The molecule has 0 bridgehead atoms. The molecule has 1 aromatic carbocycles. The van der Waals surface area contributed by atoms with Crippen molar-refractivity contribution >= 4 is 12.0 Å². The Bertz CT molecular complexity index is 564. The van der Waals surface area contributed by atoms with Gasteiger partial charge in [0.15, 0.2) is 0 Å². The molecule has 6 heteroatoms. The van der Waals surface area contributed by atoms with Gasteiger partial charge in [0.1, 0.15) is 12.1 Å². The van der Waals surface area contributed by atoms with E-state index in [9.17, 15) is 9.59 Å². The van der Waals surface area contributed by atoms with Crippen molar-refractivity contribution in [2.45, 2.75) is 45.4 Å². The number of rotatable bonds is 6. The van der Waals surface area contributed by atoms with Gasteiger partial charge >= 0.3 is 6.09 Å². The van der Waals surface area contributed by atoms with Gasteiger partial charge in [0.2, 0.25) is 5.91 Å². The van der Waals surface area contributed by atoms with Gasteiger partial charge in [-0.15, -0.1) is 0 Å². The number of epoxide rings is 1. The second-order valence-electron chi connectivity index (χ2n) is 7.11. The summed E-state index contributed by atoms with van der Waals surface area (Å²) in [7, 11) is 1.28. The minimum Gasteiger partial charge on any atom is -0.453 e. The zero-order valence-electron chi connectivity index (χ0n) is 14.7. The molecular formula is C18H26N2O4. The fraction of sp³-hybridized carbons (Fsp3) is 0.556. The highest BCUT2D eigenvalue weighted by Gasteiger charge is 2.38. The first-order valence-electron chi connectivity index (χ1n) is 8.11. The van der Waals surface area contributed by atoms with Gasteiger partial charge < -0.3 is 20.1 Å². The van der Waals surface area contributed by atoms with Crippen LogP contribution in [0.2, 0.25) is 0 Å². The number of ether oxygens (including phenoxy) is 2. The van der Waals surface area contributed by atoms with Crippen LogP contribution < -0.4 is 10.6 Å². The fourth-order valence-electron chi connectivity index (χ4n) is 2.55. The predicted molar refractivity (Wildman–Crippen MR) is 90.6 cm³/mol. The molecule has 132 valence electrons. The molecule has 2 N–H and O–H groups in total. The van der Waals surface area contributed by atoms with Crippen molar-refractivity contribution in [2.24, 2.45) is 5.41 Å². The highest BCUT2D eigenvalue weighted by atomic mass is 16.6. The minimum atomic E-state index is -0.693. The zero-order chi connectivity index (χ0) is 17.7. The molecule has 1 aromatic rings. The van der Waals surface area contributed by atoms with Crippen LogP contribution in [0.5, 0.6) is 0 Å². The highest BCUT2D eigenvalue weighted by Crippen LogP contribution is 2.22. The number of methoxy groups -OCH3 is 1. The van der Waals surface area contributed by atoms with Gasteiger partial charge in [-0.3, -0.25) is 4.79 Å². The first kappa shape index (κ1) is 18.3. The minimum absolute atomic E-state index is 0.0212. The molecule has 0 spiro atoms. The molecule has 1 heterocycles. The molecule has 3 atom stereocenters. The number of nitrogens with one attached hydrogen (secondary N) is 2. The number of benzene rings is 1. The summed E-state index contributed by atoms with van der Waals surface area (Å²) in [4.78, 5) is 24.3. The normalized spacial score (nSPS) is 19.1. The molecule has 1 unspecified atom stereocenters. The van der Waals surface area contributed by atoms with Crippen LogP contribution in [0, 0.1) is 5.41 Å². The maximum absolute atomic E-state index is 12.7. The highest BCUT2D eigenvalue weighted by molar-refractivity contribution is 5.86. The lowest BCUT2D eigenvalue weighted by molar-refractivity contribution is -0.126. The van der Waals surface area contributed by atoms with Crippen LogP contribution in [0.15, 0.2) is 30.3 Å². The van der Waals surface area contributed by atoms with Gasteiger partial charge in [0.25, 0.3) is 0 Å². The number of carbonyl (C=O) groups is 2. The van der Waals surface area contributed by atoms with Crippen LogP contribution >= 0.6 is 0 Å². The number of carbonyl (C=O) groups excluding carboxylic acids is 2. The summed E-state index contributed by atoms with van der Waals surface area (Å²) in [5, 5.41) is 5.65. The second kappa shape index (κ2) is 7.66. The quantitative estimate of drug-likeness (QED) is 0.779. The summed E-state index contributed by atoms with van der Waals surface area (Å²) in [6, 6.07) is 9.13. The molecule has 0 radical (unpaired) electrons. The third kappa shape index (κ3) is 5.23. The molecule has 2 amide bonds. The van der Waals surface area contributed by atoms with Gasteiger partial charge in [-0.1, -0.05) is 51.1 Å². The van der Waals surface area contributed by atoms with E-state index in [1.165, 1.54) is 7.11 Å². The average Bonchev–Trinajstić information content (AvgIpc) is 3.36. The lowest BCUT2D eigenvalue weighted by atomic mass is 9.86. The molecule has 2 rings (SSSR count). The fourth-order valence-corrected chi connectivity index (χ4v) is 2.55. The molecular weight excluding hydrogens is 308 g/mol. The van der Waals surface area contributed by atoms with Crippen molar-refractivity contribution < 1.29 is 19.1 Å². The Morgan fingerprint density at radius 3 is 2.38 bits per heavy atom.